The Balaban J connectivity index is 2.14. The highest BCUT2D eigenvalue weighted by Gasteiger charge is 2.47. The first kappa shape index (κ1) is 27.0. The third-order valence-electron chi connectivity index (χ3n) is 3.77. The monoisotopic (exact) mass is 622 g/mol. The number of phosphoric ester groups is 1. The zero-order chi connectivity index (χ0) is 23.8. The Bertz CT molecular complexity index is 1070. The topological polar surface area (TPSA) is 233 Å². The summed E-state index contributed by atoms with van der Waals surface area (Å²) < 4.78 is 57.2. The smallest absolute Gasteiger partial charge is 0.376 e. The summed E-state index contributed by atoms with van der Waals surface area (Å²) in [5.41, 5.74) is -1.18. The summed E-state index contributed by atoms with van der Waals surface area (Å²) >= 11 is 1.86. The molecular weight excluding hydrogens is 604 g/mol. The maximum absolute atomic E-state index is 12.1. The van der Waals surface area contributed by atoms with Gasteiger partial charge in [0.2, 0.25) is 0 Å². The number of methoxy groups -OCH3 is 1. The average molecular weight is 622 g/mol. The highest BCUT2D eigenvalue weighted by Crippen LogP contribution is 2.66. The van der Waals surface area contributed by atoms with Crippen molar-refractivity contribution in [3.8, 4) is 0 Å². The number of halogens is 1. The zero-order valence-electron chi connectivity index (χ0n) is 15.6. The number of nitrogens with one attached hydrogen (secondary N) is 1. The van der Waals surface area contributed by atoms with Crippen molar-refractivity contribution in [1.29, 1.82) is 0 Å². The molecule has 2 rings (SSSR count). The van der Waals surface area contributed by atoms with E-state index in [0.29, 0.717) is 0 Å². The van der Waals surface area contributed by atoms with Gasteiger partial charge >= 0.3 is 29.2 Å². The van der Waals surface area contributed by atoms with Crippen LogP contribution in [0.4, 0.5) is 0 Å². The van der Waals surface area contributed by atoms with Crippen molar-refractivity contribution in [3.63, 3.8) is 0 Å². The van der Waals surface area contributed by atoms with E-state index in [2.05, 4.69) is 18.1 Å². The van der Waals surface area contributed by atoms with E-state index in [4.69, 9.17) is 24.2 Å². The SMILES string of the molecule is COC1C(I)[C@@H](COP(=O)(O)OP(=O)(O)OP(=O)(O)O)O[C@H]1n1cc(C)c(=O)[nH]c1=O. The number of H-pyrrole nitrogens is 1. The molecule has 0 aliphatic carbocycles. The van der Waals surface area contributed by atoms with Gasteiger partial charge in [-0.15, -0.1) is 0 Å². The standard InChI is InChI=1S/C11H18IN2O14P3/c1-5-3-14(11(16)13-9(5)15)10-8(24-2)7(12)6(26-10)4-25-30(20,21)28-31(22,23)27-29(17,18)19/h3,6-8,10H,4H2,1-2H3,(H,20,21)(H,22,23)(H,13,15,16)(H2,17,18,19)/t6-,7?,8?,10-/m1/s1. The van der Waals surface area contributed by atoms with Crippen LogP contribution in [0.25, 0.3) is 0 Å². The molecule has 0 bridgehead atoms. The van der Waals surface area contributed by atoms with Gasteiger partial charge in [-0.3, -0.25) is 18.9 Å². The molecule has 5 N–H and O–H groups in total. The number of aromatic amines is 1. The highest BCUT2D eigenvalue weighted by molar-refractivity contribution is 14.1. The van der Waals surface area contributed by atoms with E-state index in [0.717, 1.165) is 4.57 Å². The summed E-state index contributed by atoms with van der Waals surface area (Å²) in [6.45, 7) is 0.741. The normalized spacial score (nSPS) is 28.2. The van der Waals surface area contributed by atoms with Crippen molar-refractivity contribution in [3.05, 3.63) is 32.6 Å². The molecule has 31 heavy (non-hydrogen) atoms. The van der Waals surface area contributed by atoms with Gasteiger partial charge in [0.25, 0.3) is 5.56 Å². The van der Waals surface area contributed by atoms with E-state index in [-0.39, 0.29) is 5.56 Å². The van der Waals surface area contributed by atoms with Gasteiger partial charge in [-0.1, -0.05) is 22.6 Å². The van der Waals surface area contributed by atoms with Crippen molar-refractivity contribution < 1.29 is 55.9 Å². The third-order valence-corrected chi connectivity index (χ3v) is 9.09. The molecule has 1 aliphatic rings. The molecule has 178 valence electrons. The fourth-order valence-electron chi connectivity index (χ4n) is 2.55. The molecule has 2 heterocycles. The maximum Gasteiger partial charge on any atom is 0.490 e. The lowest BCUT2D eigenvalue weighted by Crippen LogP contribution is -2.38. The number of nitrogens with zero attached hydrogens (tertiary/aromatic N) is 1. The van der Waals surface area contributed by atoms with E-state index in [1.54, 1.807) is 0 Å². The lowest BCUT2D eigenvalue weighted by Gasteiger charge is -2.20. The second kappa shape index (κ2) is 9.93. The van der Waals surface area contributed by atoms with Crippen molar-refractivity contribution in [2.75, 3.05) is 13.7 Å². The van der Waals surface area contributed by atoms with Gasteiger partial charge in [0.05, 0.1) is 16.6 Å². The fraction of sp³-hybridized carbons (Fsp3) is 0.636. The van der Waals surface area contributed by atoms with Crippen LogP contribution in [-0.4, -0.2) is 59.0 Å². The summed E-state index contributed by atoms with van der Waals surface area (Å²) in [7, 11) is -15.2. The van der Waals surface area contributed by atoms with Crippen LogP contribution >= 0.6 is 46.1 Å². The predicted octanol–water partition coefficient (Wildman–Crippen LogP) is -0.0957. The molecule has 6 atom stereocenters. The number of hydrogen-bond acceptors (Lipinski definition) is 10. The van der Waals surface area contributed by atoms with Crippen molar-refractivity contribution in [2.24, 2.45) is 0 Å². The van der Waals surface area contributed by atoms with Crippen LogP contribution in [0.3, 0.4) is 0 Å². The Labute approximate surface area is 187 Å². The lowest BCUT2D eigenvalue weighted by atomic mass is 10.2. The minimum atomic E-state index is -5.65. The van der Waals surface area contributed by atoms with Crippen molar-refractivity contribution in [2.45, 2.75) is 29.3 Å². The van der Waals surface area contributed by atoms with Gasteiger partial charge in [0.15, 0.2) is 6.23 Å². The lowest BCUT2D eigenvalue weighted by molar-refractivity contribution is -0.0620. The molecule has 1 aliphatic heterocycles. The molecule has 1 fully saturated rings. The summed E-state index contributed by atoms with van der Waals surface area (Å²) in [6.07, 6.45) is -1.62. The Morgan fingerprint density at radius 3 is 2.32 bits per heavy atom. The Hall–Kier alpha value is -0.260. The first-order chi connectivity index (χ1) is 14.1. The molecule has 1 aromatic heterocycles. The quantitative estimate of drug-likeness (QED) is 0.138. The van der Waals surface area contributed by atoms with Gasteiger partial charge in [-0.2, -0.15) is 8.62 Å². The summed E-state index contributed by atoms with van der Waals surface area (Å²) in [6, 6.07) is 0. The number of phosphoric acid groups is 3. The second-order valence-corrected chi connectivity index (χ2v) is 11.9. The molecule has 0 spiro atoms. The van der Waals surface area contributed by atoms with Crippen LogP contribution in [0.2, 0.25) is 0 Å². The van der Waals surface area contributed by atoms with E-state index >= 15 is 0 Å². The molecule has 20 heteroatoms. The maximum atomic E-state index is 12.1. The highest BCUT2D eigenvalue weighted by atomic mass is 127. The van der Waals surface area contributed by atoms with Crippen LogP contribution in [0.1, 0.15) is 11.8 Å². The Morgan fingerprint density at radius 2 is 1.77 bits per heavy atom. The van der Waals surface area contributed by atoms with Crippen LogP contribution in [0.15, 0.2) is 15.8 Å². The Kier molecular flexibility index (Phi) is 8.64. The zero-order valence-corrected chi connectivity index (χ0v) is 20.5. The van der Waals surface area contributed by atoms with Gasteiger partial charge in [-0.05, 0) is 6.92 Å². The number of alkyl halides is 1. The first-order valence-electron chi connectivity index (χ1n) is 7.98. The average Bonchev–Trinajstić information content (AvgIpc) is 2.88. The van der Waals surface area contributed by atoms with Gasteiger partial charge in [0, 0.05) is 18.9 Å². The minimum absolute atomic E-state index is 0.208. The summed E-state index contributed by atoms with van der Waals surface area (Å²) in [4.78, 5) is 61.6. The largest absolute Gasteiger partial charge is 0.490 e. The Morgan fingerprint density at radius 1 is 1.16 bits per heavy atom. The van der Waals surface area contributed by atoms with Gasteiger partial charge < -0.3 is 29.0 Å². The van der Waals surface area contributed by atoms with E-state index in [1.165, 1.54) is 20.2 Å². The predicted molar refractivity (Wildman–Crippen MR) is 108 cm³/mol. The van der Waals surface area contributed by atoms with E-state index in [1.807, 2.05) is 22.6 Å². The minimum Gasteiger partial charge on any atom is -0.376 e. The fourth-order valence-corrected chi connectivity index (χ4v) is 6.60. The van der Waals surface area contributed by atoms with Crippen LogP contribution < -0.4 is 11.2 Å². The van der Waals surface area contributed by atoms with E-state index in [9.17, 15) is 28.2 Å². The number of aromatic nitrogens is 2. The first-order valence-corrected chi connectivity index (χ1v) is 13.7. The number of hydrogen-bond donors (Lipinski definition) is 5. The van der Waals surface area contributed by atoms with Gasteiger partial charge in [0.1, 0.15) is 6.10 Å². The molecule has 16 nitrogen and oxygen atoms in total. The van der Waals surface area contributed by atoms with Crippen molar-refractivity contribution in [1.82, 2.24) is 9.55 Å². The summed E-state index contributed by atoms with van der Waals surface area (Å²) in [5.74, 6) is 0. The number of aryl methyl sites for hydroxylation is 1. The molecule has 4 unspecified atom stereocenters. The molecule has 1 aromatic rings. The van der Waals surface area contributed by atoms with Crippen LogP contribution in [-0.2, 0) is 36.3 Å². The molecule has 1 saturated heterocycles. The number of ether oxygens (including phenoxy) is 2. The molecule has 0 saturated carbocycles. The number of rotatable bonds is 9. The second-order valence-electron chi connectivity index (χ2n) is 6.08. The van der Waals surface area contributed by atoms with Gasteiger partial charge in [-0.25, -0.2) is 18.5 Å². The molecule has 0 radical (unpaired) electrons. The molecule has 0 aromatic carbocycles. The summed E-state index contributed by atoms with van der Waals surface area (Å²) in [5, 5.41) is 0. The van der Waals surface area contributed by atoms with E-state index < -0.39 is 63.7 Å². The molecule has 0 amide bonds. The van der Waals surface area contributed by atoms with Crippen LogP contribution in [0.5, 0.6) is 0 Å². The third kappa shape index (κ3) is 7.37. The molecular formula is C11H18IN2O14P3. The van der Waals surface area contributed by atoms with Crippen molar-refractivity contribution >= 4 is 46.1 Å². The van der Waals surface area contributed by atoms with Crippen LogP contribution in [0, 0.1) is 6.92 Å².